The van der Waals surface area contributed by atoms with E-state index in [2.05, 4.69) is 17.4 Å². The quantitative estimate of drug-likeness (QED) is 0.800. The molecule has 0 atom stereocenters. The molecule has 1 amide bonds. The highest BCUT2D eigenvalue weighted by Crippen LogP contribution is 2.11. The number of carbonyl (C=O) groups excluding carboxylic acids is 1. The van der Waals surface area contributed by atoms with Crippen molar-refractivity contribution in [3.8, 4) is 0 Å². The molecule has 3 N–H and O–H groups in total. The number of likely N-dealkylation sites (N-methyl/N-ethyl adjacent to an activating group) is 1. The average molecular weight is 283 g/mol. The van der Waals surface area contributed by atoms with Crippen LogP contribution in [-0.2, 0) is 11.2 Å². The molecule has 0 aliphatic carbocycles. The van der Waals surface area contributed by atoms with E-state index in [1.165, 1.54) is 5.56 Å². The highest BCUT2D eigenvalue weighted by Gasteiger charge is 2.07. The Morgan fingerprint density at radius 3 is 2.62 bits per heavy atom. The third-order valence-electron chi connectivity index (χ3n) is 3.21. The number of rotatable bonds is 6. The van der Waals surface area contributed by atoms with Gasteiger partial charge in [-0.1, -0.05) is 36.4 Å². The van der Waals surface area contributed by atoms with Crippen LogP contribution in [0.2, 0.25) is 0 Å². The fourth-order valence-corrected chi connectivity index (χ4v) is 2.11. The number of benzene rings is 2. The molecule has 4 nitrogen and oxygen atoms in total. The number of hydrogen-bond donors (Lipinski definition) is 2. The number of nitrogens with one attached hydrogen (secondary N) is 1. The largest absolute Gasteiger partial charge is 0.399 e. The van der Waals surface area contributed by atoms with Crippen LogP contribution in [0.3, 0.4) is 0 Å². The van der Waals surface area contributed by atoms with Crippen LogP contribution in [0.25, 0.3) is 0 Å². The number of amides is 1. The van der Waals surface area contributed by atoms with Gasteiger partial charge in [0.05, 0.1) is 6.54 Å². The molecule has 4 heteroatoms. The fraction of sp³-hybridized carbons (Fsp3) is 0.235. The van der Waals surface area contributed by atoms with Gasteiger partial charge in [0.2, 0.25) is 5.91 Å². The van der Waals surface area contributed by atoms with E-state index in [9.17, 15) is 4.79 Å². The number of nitrogens with two attached hydrogens (primary N) is 1. The van der Waals surface area contributed by atoms with Gasteiger partial charge < -0.3 is 11.1 Å². The lowest BCUT2D eigenvalue weighted by atomic mass is 10.1. The third kappa shape index (κ3) is 5.28. The number of nitrogen functional groups attached to an aromatic ring is 1. The summed E-state index contributed by atoms with van der Waals surface area (Å²) < 4.78 is 0. The summed E-state index contributed by atoms with van der Waals surface area (Å²) in [6, 6.07) is 17.5. The first-order valence-electron chi connectivity index (χ1n) is 7.01. The molecule has 110 valence electrons. The van der Waals surface area contributed by atoms with E-state index in [1.807, 2.05) is 42.3 Å². The van der Waals surface area contributed by atoms with Crippen LogP contribution in [0.15, 0.2) is 54.6 Å². The predicted octanol–water partition coefficient (Wildman–Crippen LogP) is 2.38. The lowest BCUT2D eigenvalue weighted by Crippen LogP contribution is -2.31. The summed E-state index contributed by atoms with van der Waals surface area (Å²) in [5.74, 6) is -0.0313. The minimum Gasteiger partial charge on any atom is -0.399 e. The molecular formula is C17H21N3O. The smallest absolute Gasteiger partial charge is 0.238 e. The van der Waals surface area contributed by atoms with Gasteiger partial charge in [-0.25, -0.2) is 0 Å². The number of anilines is 2. The normalized spacial score (nSPS) is 10.6. The SMILES string of the molecule is CN(CCc1ccccc1)CC(=O)Nc1cccc(N)c1. The molecule has 0 unspecified atom stereocenters. The fourth-order valence-electron chi connectivity index (χ4n) is 2.11. The molecule has 2 rings (SSSR count). The van der Waals surface area contributed by atoms with Crippen LogP contribution in [0.1, 0.15) is 5.56 Å². The lowest BCUT2D eigenvalue weighted by molar-refractivity contribution is -0.117. The Morgan fingerprint density at radius 2 is 1.90 bits per heavy atom. The summed E-state index contributed by atoms with van der Waals surface area (Å²) in [5, 5.41) is 2.85. The summed E-state index contributed by atoms with van der Waals surface area (Å²) in [6.45, 7) is 1.20. The van der Waals surface area contributed by atoms with Gasteiger partial charge in [0.25, 0.3) is 0 Å². The Hall–Kier alpha value is -2.33. The minimum absolute atomic E-state index is 0.0313. The Labute approximate surface area is 125 Å². The second-order valence-corrected chi connectivity index (χ2v) is 5.15. The Morgan fingerprint density at radius 1 is 1.14 bits per heavy atom. The van der Waals surface area contributed by atoms with Gasteiger partial charge in [-0.2, -0.15) is 0 Å². The maximum atomic E-state index is 12.0. The van der Waals surface area contributed by atoms with E-state index in [0.29, 0.717) is 12.2 Å². The molecule has 0 aliphatic rings. The molecule has 0 fully saturated rings. The predicted molar refractivity (Wildman–Crippen MR) is 87.1 cm³/mol. The van der Waals surface area contributed by atoms with Crippen molar-refractivity contribution in [2.45, 2.75) is 6.42 Å². The van der Waals surface area contributed by atoms with Crippen LogP contribution >= 0.6 is 0 Å². The van der Waals surface area contributed by atoms with Crippen LogP contribution in [0, 0.1) is 0 Å². The lowest BCUT2D eigenvalue weighted by Gasteiger charge is -2.16. The van der Waals surface area contributed by atoms with Crippen LogP contribution in [0.5, 0.6) is 0 Å². The van der Waals surface area contributed by atoms with E-state index >= 15 is 0 Å². The van der Waals surface area contributed by atoms with Crippen molar-refractivity contribution in [2.24, 2.45) is 0 Å². The summed E-state index contributed by atoms with van der Waals surface area (Å²) >= 11 is 0. The van der Waals surface area contributed by atoms with E-state index in [-0.39, 0.29) is 5.91 Å². The second kappa shape index (κ2) is 7.45. The van der Waals surface area contributed by atoms with Crippen LogP contribution in [-0.4, -0.2) is 30.9 Å². The van der Waals surface area contributed by atoms with Crippen LogP contribution in [0.4, 0.5) is 11.4 Å². The average Bonchev–Trinajstić information content (AvgIpc) is 2.46. The summed E-state index contributed by atoms with van der Waals surface area (Å²) in [5.41, 5.74) is 8.34. The van der Waals surface area contributed by atoms with Crippen LogP contribution < -0.4 is 11.1 Å². The molecule has 0 saturated heterocycles. The van der Waals surface area contributed by atoms with Crippen molar-refractivity contribution in [1.29, 1.82) is 0 Å². The monoisotopic (exact) mass is 283 g/mol. The van der Waals surface area contributed by atoms with Gasteiger partial charge in [0.15, 0.2) is 0 Å². The topological polar surface area (TPSA) is 58.4 Å². The van der Waals surface area contributed by atoms with Gasteiger partial charge in [0, 0.05) is 17.9 Å². The minimum atomic E-state index is -0.0313. The first-order valence-corrected chi connectivity index (χ1v) is 7.01. The summed E-state index contributed by atoms with van der Waals surface area (Å²) in [6.07, 6.45) is 0.933. The molecule has 0 aliphatic heterocycles. The number of hydrogen-bond acceptors (Lipinski definition) is 3. The van der Waals surface area contributed by atoms with E-state index in [1.54, 1.807) is 12.1 Å². The van der Waals surface area contributed by atoms with Crippen molar-refractivity contribution in [1.82, 2.24) is 4.90 Å². The molecular weight excluding hydrogens is 262 g/mol. The van der Waals surface area contributed by atoms with Gasteiger partial charge in [0.1, 0.15) is 0 Å². The van der Waals surface area contributed by atoms with Crippen molar-refractivity contribution in [3.63, 3.8) is 0 Å². The highest BCUT2D eigenvalue weighted by molar-refractivity contribution is 5.92. The van der Waals surface area contributed by atoms with Gasteiger partial charge >= 0.3 is 0 Å². The molecule has 0 bridgehead atoms. The van der Waals surface area contributed by atoms with Crippen molar-refractivity contribution < 1.29 is 4.79 Å². The molecule has 0 aromatic heterocycles. The highest BCUT2D eigenvalue weighted by atomic mass is 16.2. The second-order valence-electron chi connectivity index (χ2n) is 5.15. The Bertz CT molecular complexity index is 584. The summed E-state index contributed by atoms with van der Waals surface area (Å²) in [4.78, 5) is 14.0. The molecule has 0 heterocycles. The first-order chi connectivity index (χ1) is 10.1. The molecule has 0 spiro atoms. The zero-order chi connectivity index (χ0) is 15.1. The molecule has 21 heavy (non-hydrogen) atoms. The van der Waals surface area contributed by atoms with Crippen molar-refractivity contribution in [3.05, 3.63) is 60.2 Å². The van der Waals surface area contributed by atoms with Crippen molar-refractivity contribution in [2.75, 3.05) is 31.2 Å². The zero-order valence-electron chi connectivity index (χ0n) is 12.3. The molecule has 0 saturated carbocycles. The van der Waals surface area contributed by atoms with Gasteiger partial charge in [-0.15, -0.1) is 0 Å². The number of nitrogens with zero attached hydrogens (tertiary/aromatic N) is 1. The standard InChI is InChI=1S/C17H21N3O/c1-20(11-10-14-6-3-2-4-7-14)13-17(21)19-16-9-5-8-15(18)12-16/h2-9,12H,10-11,13,18H2,1H3,(H,19,21). The number of carbonyl (C=O) groups is 1. The maximum Gasteiger partial charge on any atom is 0.238 e. The Kier molecular flexibility index (Phi) is 5.35. The summed E-state index contributed by atoms with van der Waals surface area (Å²) in [7, 11) is 1.95. The van der Waals surface area contributed by atoms with Gasteiger partial charge in [-0.3, -0.25) is 9.69 Å². The molecule has 2 aromatic rings. The molecule has 2 aromatic carbocycles. The van der Waals surface area contributed by atoms with E-state index in [4.69, 9.17) is 5.73 Å². The zero-order valence-corrected chi connectivity index (χ0v) is 12.3. The Balaban J connectivity index is 1.77. The third-order valence-corrected chi connectivity index (χ3v) is 3.21. The molecule has 0 radical (unpaired) electrons. The van der Waals surface area contributed by atoms with Crippen molar-refractivity contribution >= 4 is 17.3 Å². The maximum absolute atomic E-state index is 12.0. The van der Waals surface area contributed by atoms with Gasteiger partial charge in [-0.05, 0) is 37.2 Å². The van der Waals surface area contributed by atoms with E-state index in [0.717, 1.165) is 18.7 Å². The van der Waals surface area contributed by atoms with E-state index < -0.39 is 0 Å². The first kappa shape index (κ1) is 15.1.